The molecule has 36 heavy (non-hydrogen) atoms. The summed E-state index contributed by atoms with van der Waals surface area (Å²) in [5.41, 5.74) is 5.21. The first kappa shape index (κ1) is 22.1. The van der Waals surface area contributed by atoms with Crippen LogP contribution in [-0.2, 0) is 25.7 Å². The summed E-state index contributed by atoms with van der Waals surface area (Å²) < 4.78 is 30.7. The minimum absolute atomic E-state index is 0.0710. The molecule has 7 heteroatoms. The lowest BCUT2D eigenvalue weighted by Gasteiger charge is -2.55. The van der Waals surface area contributed by atoms with Crippen molar-refractivity contribution in [2.24, 2.45) is 0 Å². The van der Waals surface area contributed by atoms with Crippen molar-refractivity contribution in [2.75, 3.05) is 25.3 Å². The number of anilines is 1. The van der Waals surface area contributed by atoms with E-state index in [1.807, 2.05) is 49.2 Å². The number of hydrogen-bond donors (Lipinski definition) is 0. The highest BCUT2D eigenvalue weighted by Crippen LogP contribution is 2.60. The molecule has 0 amide bonds. The minimum atomic E-state index is -0.940. The van der Waals surface area contributed by atoms with Crippen LogP contribution in [0.25, 0.3) is 11.1 Å². The average Bonchev–Trinajstić information content (AvgIpc) is 3.68. The second-order valence-electron chi connectivity index (χ2n) is 10.2. The molecule has 0 aromatic heterocycles. The Bertz CT molecular complexity index is 1290. The number of fused-ring (bicyclic) bond motifs is 5. The smallest absolute Gasteiger partial charge is 0.235 e. The van der Waals surface area contributed by atoms with Crippen LogP contribution < -0.4 is 14.5 Å². The van der Waals surface area contributed by atoms with Crippen LogP contribution in [0.15, 0.2) is 66.7 Å². The van der Waals surface area contributed by atoms with Crippen molar-refractivity contribution in [2.45, 2.75) is 50.2 Å². The van der Waals surface area contributed by atoms with Gasteiger partial charge in [-0.2, -0.15) is 0 Å². The lowest BCUT2D eigenvalue weighted by Crippen LogP contribution is -2.66. The monoisotopic (exact) mass is 487 g/mol. The molecule has 2 bridgehead atoms. The van der Waals surface area contributed by atoms with Gasteiger partial charge in [0.15, 0.2) is 5.79 Å². The molecular formula is C29H29NO6. The molecular weight excluding hydrogens is 458 g/mol. The van der Waals surface area contributed by atoms with E-state index in [0.717, 1.165) is 39.4 Å². The van der Waals surface area contributed by atoms with E-state index in [0.29, 0.717) is 19.8 Å². The van der Waals surface area contributed by atoms with Gasteiger partial charge in [-0.3, -0.25) is 0 Å². The van der Waals surface area contributed by atoms with Crippen molar-refractivity contribution >= 4 is 5.69 Å². The lowest BCUT2D eigenvalue weighted by molar-refractivity contribution is -0.406. The number of hydroxylamine groups is 1. The van der Waals surface area contributed by atoms with Crippen LogP contribution in [0.2, 0.25) is 0 Å². The Labute approximate surface area is 210 Å². The van der Waals surface area contributed by atoms with Crippen molar-refractivity contribution in [3.8, 4) is 22.6 Å². The molecule has 0 radical (unpaired) electrons. The van der Waals surface area contributed by atoms with E-state index in [2.05, 4.69) is 36.4 Å². The Morgan fingerprint density at radius 3 is 2.58 bits per heavy atom. The molecule has 4 atom stereocenters. The highest BCUT2D eigenvalue weighted by atomic mass is 16.9. The molecule has 0 aliphatic carbocycles. The Hall–Kier alpha value is -3.10. The Morgan fingerprint density at radius 2 is 1.81 bits per heavy atom. The topological polar surface area (TPSA) is 61.9 Å². The molecule has 0 N–H and O–H groups in total. The van der Waals surface area contributed by atoms with Gasteiger partial charge in [0.25, 0.3) is 0 Å². The predicted molar refractivity (Wildman–Crippen MR) is 133 cm³/mol. The first-order valence-electron chi connectivity index (χ1n) is 12.4. The second-order valence-corrected chi connectivity index (χ2v) is 10.2. The Morgan fingerprint density at radius 1 is 1.00 bits per heavy atom. The summed E-state index contributed by atoms with van der Waals surface area (Å²) in [6, 6.07) is 22.5. The van der Waals surface area contributed by atoms with Gasteiger partial charge >= 0.3 is 0 Å². The fraction of sp³-hybridized carbons (Fsp3) is 0.379. The van der Waals surface area contributed by atoms with E-state index >= 15 is 0 Å². The quantitative estimate of drug-likeness (QED) is 0.468. The van der Waals surface area contributed by atoms with Gasteiger partial charge in [0, 0.05) is 5.56 Å². The summed E-state index contributed by atoms with van der Waals surface area (Å²) in [6.07, 6.45) is -0.0556. The number of benzene rings is 3. The summed E-state index contributed by atoms with van der Waals surface area (Å²) in [5.74, 6) is -0.290. The summed E-state index contributed by atoms with van der Waals surface area (Å²) >= 11 is 0. The van der Waals surface area contributed by atoms with Gasteiger partial charge in [0.1, 0.15) is 30.3 Å². The van der Waals surface area contributed by atoms with E-state index in [1.54, 1.807) is 7.11 Å². The van der Waals surface area contributed by atoms with Crippen molar-refractivity contribution in [3.05, 3.63) is 77.9 Å². The zero-order valence-electron chi connectivity index (χ0n) is 20.6. The van der Waals surface area contributed by atoms with Crippen LogP contribution >= 0.6 is 0 Å². The second kappa shape index (κ2) is 7.95. The predicted octanol–water partition coefficient (Wildman–Crippen LogP) is 5.04. The summed E-state index contributed by atoms with van der Waals surface area (Å²) in [5, 5.41) is 1.93. The van der Waals surface area contributed by atoms with Crippen LogP contribution in [0.1, 0.15) is 30.9 Å². The molecule has 0 unspecified atom stereocenters. The van der Waals surface area contributed by atoms with Crippen molar-refractivity contribution in [3.63, 3.8) is 0 Å². The number of ether oxygens (including phenoxy) is 5. The Kier molecular flexibility index (Phi) is 4.89. The maximum absolute atomic E-state index is 6.61. The van der Waals surface area contributed by atoms with Gasteiger partial charge in [0.2, 0.25) is 5.79 Å². The number of rotatable bonds is 5. The van der Waals surface area contributed by atoms with Crippen LogP contribution in [0.4, 0.5) is 5.69 Å². The van der Waals surface area contributed by atoms with Crippen LogP contribution in [0.3, 0.4) is 0 Å². The molecule has 4 aliphatic heterocycles. The molecule has 1 spiro atoms. The van der Waals surface area contributed by atoms with E-state index in [4.69, 9.17) is 28.5 Å². The molecule has 3 aromatic carbocycles. The van der Waals surface area contributed by atoms with Gasteiger partial charge in [-0.05, 0) is 54.8 Å². The SMILES string of the molecule is COc1ccc(-c2cc(OCc3ccccc3)c3c(c2)N2C[C@H]4O[C@H]4[C@]4(O2)OC(C)(C)OC[C@@H]34)cc1. The van der Waals surface area contributed by atoms with Gasteiger partial charge < -0.3 is 23.7 Å². The number of nitrogens with zero attached hydrogens (tertiary/aromatic N) is 1. The van der Waals surface area contributed by atoms with Crippen LogP contribution in [0.5, 0.6) is 11.5 Å². The molecule has 3 fully saturated rings. The third-order valence-corrected chi connectivity index (χ3v) is 7.46. The highest BCUT2D eigenvalue weighted by molar-refractivity contribution is 5.76. The minimum Gasteiger partial charge on any atom is -0.497 e. The first-order chi connectivity index (χ1) is 17.5. The summed E-state index contributed by atoms with van der Waals surface area (Å²) in [6.45, 7) is 5.39. The number of hydrogen-bond acceptors (Lipinski definition) is 7. The van der Waals surface area contributed by atoms with Crippen molar-refractivity contribution < 1.29 is 28.5 Å². The van der Waals surface area contributed by atoms with Crippen LogP contribution in [-0.4, -0.2) is 44.0 Å². The Balaban J connectivity index is 1.36. The van der Waals surface area contributed by atoms with Gasteiger partial charge in [-0.25, -0.2) is 9.90 Å². The summed E-state index contributed by atoms with van der Waals surface area (Å²) in [4.78, 5) is 6.61. The first-order valence-corrected chi connectivity index (χ1v) is 12.4. The third-order valence-electron chi connectivity index (χ3n) is 7.46. The van der Waals surface area contributed by atoms with Gasteiger partial charge in [-0.1, -0.05) is 42.5 Å². The zero-order valence-corrected chi connectivity index (χ0v) is 20.6. The molecule has 7 nitrogen and oxygen atoms in total. The molecule has 3 saturated heterocycles. The summed E-state index contributed by atoms with van der Waals surface area (Å²) in [7, 11) is 1.67. The molecule has 3 aromatic rings. The lowest BCUT2D eigenvalue weighted by atomic mass is 9.81. The van der Waals surface area contributed by atoms with E-state index in [1.165, 1.54) is 0 Å². The van der Waals surface area contributed by atoms with Crippen LogP contribution in [0, 0.1) is 0 Å². The number of methoxy groups -OCH3 is 1. The standard InChI is InChI=1S/C29H29NO6/c1-28(2)33-17-22-26-23(30-15-25-27(34-25)29(22,35-28)36-30)13-20(19-9-11-21(31-3)12-10-19)14-24(26)32-16-18-7-5-4-6-8-18/h4-14,22,25,27H,15-17H2,1-3H3/t22-,25+,27+,29-/m0/s1. The highest BCUT2D eigenvalue weighted by Gasteiger charge is 2.71. The normalized spacial score (nSPS) is 29.0. The molecule has 4 heterocycles. The fourth-order valence-corrected chi connectivity index (χ4v) is 5.69. The molecule has 4 aliphatic rings. The molecule has 7 rings (SSSR count). The number of epoxide rings is 1. The maximum Gasteiger partial charge on any atom is 0.235 e. The van der Waals surface area contributed by atoms with Gasteiger partial charge in [-0.15, -0.1) is 0 Å². The van der Waals surface area contributed by atoms with Crippen molar-refractivity contribution in [1.82, 2.24) is 0 Å². The fourth-order valence-electron chi connectivity index (χ4n) is 5.69. The average molecular weight is 488 g/mol. The van der Waals surface area contributed by atoms with Crippen molar-refractivity contribution in [1.29, 1.82) is 0 Å². The van der Waals surface area contributed by atoms with Gasteiger partial charge in [0.05, 0.1) is 31.9 Å². The molecule has 0 saturated carbocycles. The van der Waals surface area contributed by atoms with E-state index in [-0.39, 0.29) is 18.1 Å². The van der Waals surface area contributed by atoms with E-state index < -0.39 is 11.6 Å². The maximum atomic E-state index is 6.61. The third kappa shape index (κ3) is 3.50. The molecule has 186 valence electrons. The van der Waals surface area contributed by atoms with E-state index in [9.17, 15) is 0 Å². The zero-order chi connectivity index (χ0) is 24.5. The largest absolute Gasteiger partial charge is 0.497 e.